The highest BCUT2D eigenvalue weighted by atomic mass is 16.7. The molecule has 2 rings (SSSR count). The number of aliphatic hydroxyl groups is 4. The van der Waals surface area contributed by atoms with Crippen molar-refractivity contribution in [3.63, 3.8) is 0 Å². The summed E-state index contributed by atoms with van der Waals surface area (Å²) in [4.78, 5) is 23.0. The molecule has 6 N–H and O–H groups in total. The van der Waals surface area contributed by atoms with Crippen LogP contribution >= 0.6 is 0 Å². The Labute approximate surface area is 165 Å². The third-order valence-electron chi connectivity index (χ3n) is 4.56. The molecule has 29 heavy (non-hydrogen) atoms. The number of ether oxygens (including phenoxy) is 5. The zero-order valence-corrected chi connectivity index (χ0v) is 15.7. The average molecular weight is 426 g/mol. The van der Waals surface area contributed by atoms with E-state index in [1.807, 2.05) is 0 Å². The van der Waals surface area contributed by atoms with E-state index < -0.39 is 73.4 Å². The van der Waals surface area contributed by atoms with Crippen molar-refractivity contribution in [3.05, 3.63) is 0 Å². The van der Waals surface area contributed by atoms with Crippen LogP contribution in [0.5, 0.6) is 0 Å². The first kappa shape index (κ1) is 23.9. The fourth-order valence-corrected chi connectivity index (χ4v) is 3.17. The molecule has 0 saturated carbocycles. The molecular weight excluding hydrogens is 400 g/mol. The topological polar surface area (TPSA) is 202 Å². The average Bonchev–Trinajstić information content (AvgIpc) is 2.66. The molecule has 0 radical (unpaired) electrons. The third kappa shape index (κ3) is 5.02. The van der Waals surface area contributed by atoms with Crippen LogP contribution in [0.4, 0.5) is 0 Å². The second kappa shape index (κ2) is 10.1. The largest absolute Gasteiger partial charge is 0.479 e. The molecule has 0 spiro atoms. The summed E-state index contributed by atoms with van der Waals surface area (Å²) < 4.78 is 25.7. The number of aliphatic carboxylic acids is 2. The van der Waals surface area contributed by atoms with Crippen LogP contribution in [0.3, 0.4) is 0 Å². The van der Waals surface area contributed by atoms with Crippen LogP contribution in [0.25, 0.3) is 0 Å². The first-order valence-electron chi connectivity index (χ1n) is 9.01. The SMILES string of the molecule is CCO[C@@H]1OC(C(=O)O)[C@@H](O[C@@H]2OC(C(=O)O)[C@H](OCC)[C@@H](O)C2O)[C@@H](O)C1O. The molecule has 2 fully saturated rings. The van der Waals surface area contributed by atoms with E-state index in [1.165, 1.54) is 0 Å². The molecule has 0 aromatic rings. The molecule has 0 amide bonds. The number of carboxylic acids is 2. The Hall–Kier alpha value is -1.42. The first-order valence-corrected chi connectivity index (χ1v) is 9.01. The second-order valence-corrected chi connectivity index (χ2v) is 6.46. The smallest absolute Gasteiger partial charge is 0.335 e. The minimum atomic E-state index is -1.86. The van der Waals surface area contributed by atoms with Crippen molar-refractivity contribution in [1.82, 2.24) is 0 Å². The first-order chi connectivity index (χ1) is 13.6. The number of rotatable bonds is 8. The fraction of sp³-hybridized carbons (Fsp3) is 0.875. The molecule has 10 atom stereocenters. The van der Waals surface area contributed by atoms with Crippen LogP contribution in [0, 0.1) is 0 Å². The summed E-state index contributed by atoms with van der Waals surface area (Å²) in [6.45, 7) is 3.19. The Bertz CT molecular complexity index is 571. The van der Waals surface area contributed by atoms with E-state index in [0.29, 0.717) is 0 Å². The molecule has 4 unspecified atom stereocenters. The molecule has 2 heterocycles. The maximum Gasteiger partial charge on any atom is 0.335 e. The number of carboxylic acid groups (broad SMARTS) is 2. The Morgan fingerprint density at radius 3 is 1.69 bits per heavy atom. The molecule has 2 saturated heterocycles. The van der Waals surface area contributed by atoms with Gasteiger partial charge in [-0.25, -0.2) is 9.59 Å². The Balaban J connectivity index is 2.23. The van der Waals surface area contributed by atoms with Gasteiger partial charge in [0.15, 0.2) is 24.8 Å². The van der Waals surface area contributed by atoms with Gasteiger partial charge in [-0.2, -0.15) is 0 Å². The predicted octanol–water partition coefficient (Wildman–Crippen LogP) is -3.12. The van der Waals surface area contributed by atoms with Gasteiger partial charge >= 0.3 is 11.9 Å². The van der Waals surface area contributed by atoms with Gasteiger partial charge in [-0.3, -0.25) is 0 Å². The van der Waals surface area contributed by atoms with Gasteiger partial charge in [-0.05, 0) is 13.8 Å². The van der Waals surface area contributed by atoms with E-state index in [4.69, 9.17) is 23.7 Å². The maximum atomic E-state index is 11.5. The maximum absolute atomic E-state index is 11.5. The van der Waals surface area contributed by atoms with Crippen molar-refractivity contribution in [2.75, 3.05) is 13.2 Å². The normalized spacial score (nSPS) is 43.1. The number of hydrogen-bond acceptors (Lipinski definition) is 11. The van der Waals surface area contributed by atoms with E-state index in [1.54, 1.807) is 13.8 Å². The Kier molecular flexibility index (Phi) is 8.28. The summed E-state index contributed by atoms with van der Waals surface area (Å²) in [7, 11) is 0. The fourth-order valence-electron chi connectivity index (χ4n) is 3.17. The van der Waals surface area contributed by atoms with E-state index in [0.717, 1.165) is 0 Å². The summed E-state index contributed by atoms with van der Waals surface area (Å²) in [5.41, 5.74) is 0. The summed E-state index contributed by atoms with van der Waals surface area (Å²) in [5.74, 6) is -3.09. The highest BCUT2D eigenvalue weighted by Crippen LogP contribution is 2.30. The molecule has 0 aromatic carbocycles. The van der Waals surface area contributed by atoms with Crippen molar-refractivity contribution in [2.45, 2.75) is 75.3 Å². The van der Waals surface area contributed by atoms with Crippen LogP contribution < -0.4 is 0 Å². The third-order valence-corrected chi connectivity index (χ3v) is 4.56. The lowest BCUT2D eigenvalue weighted by atomic mass is 9.96. The molecule has 0 bridgehead atoms. The quantitative estimate of drug-likeness (QED) is 0.228. The molecule has 13 heteroatoms. The lowest BCUT2D eigenvalue weighted by molar-refractivity contribution is -0.352. The van der Waals surface area contributed by atoms with E-state index >= 15 is 0 Å². The molecule has 0 aromatic heterocycles. The monoisotopic (exact) mass is 426 g/mol. The van der Waals surface area contributed by atoms with Gasteiger partial charge in [-0.1, -0.05) is 0 Å². The predicted molar refractivity (Wildman–Crippen MR) is 88.5 cm³/mol. The van der Waals surface area contributed by atoms with Gasteiger partial charge in [-0.15, -0.1) is 0 Å². The van der Waals surface area contributed by atoms with Gasteiger partial charge < -0.3 is 54.3 Å². The Morgan fingerprint density at radius 2 is 1.17 bits per heavy atom. The Morgan fingerprint density at radius 1 is 0.724 bits per heavy atom. The van der Waals surface area contributed by atoms with Crippen LogP contribution in [-0.4, -0.2) is 117 Å². The van der Waals surface area contributed by atoms with Crippen molar-refractivity contribution in [3.8, 4) is 0 Å². The van der Waals surface area contributed by atoms with Crippen LogP contribution in [0.2, 0.25) is 0 Å². The van der Waals surface area contributed by atoms with Crippen LogP contribution in [0.1, 0.15) is 13.8 Å². The highest BCUT2D eigenvalue weighted by Gasteiger charge is 2.54. The van der Waals surface area contributed by atoms with Crippen LogP contribution in [-0.2, 0) is 33.3 Å². The van der Waals surface area contributed by atoms with Crippen molar-refractivity contribution >= 4 is 11.9 Å². The van der Waals surface area contributed by atoms with Gasteiger partial charge in [0.05, 0.1) is 0 Å². The summed E-state index contributed by atoms with van der Waals surface area (Å²) in [5, 5.41) is 59.6. The van der Waals surface area contributed by atoms with Gasteiger partial charge in [0.2, 0.25) is 0 Å². The van der Waals surface area contributed by atoms with Gasteiger partial charge in [0.1, 0.15) is 36.6 Å². The highest BCUT2D eigenvalue weighted by molar-refractivity contribution is 5.74. The van der Waals surface area contributed by atoms with E-state index in [-0.39, 0.29) is 13.2 Å². The minimum Gasteiger partial charge on any atom is -0.479 e. The second-order valence-electron chi connectivity index (χ2n) is 6.46. The molecule has 168 valence electrons. The van der Waals surface area contributed by atoms with Crippen molar-refractivity contribution in [1.29, 1.82) is 0 Å². The summed E-state index contributed by atoms with van der Waals surface area (Å²) in [6.07, 6.45) is -17.2. The zero-order chi connectivity index (χ0) is 21.9. The summed E-state index contributed by atoms with van der Waals surface area (Å²) >= 11 is 0. The molecule has 2 aliphatic heterocycles. The van der Waals surface area contributed by atoms with Gasteiger partial charge in [0.25, 0.3) is 0 Å². The number of carbonyl (C=O) groups is 2. The van der Waals surface area contributed by atoms with Crippen molar-refractivity contribution < 1.29 is 63.9 Å². The lowest BCUT2D eigenvalue weighted by Gasteiger charge is -2.45. The standard InChI is InChI=1S/C16H26O13/c1-3-25-9-5(17)8(20)16(29-11(9)13(21)22)27-10-6(18)7(19)15(26-4-2)28-12(10)14(23)24/h5-12,15-20H,3-4H2,1-2H3,(H,21,22)(H,23,24)/t5-,6-,7?,8?,9+,10-,11?,12?,15+,16+/m0/s1. The summed E-state index contributed by atoms with van der Waals surface area (Å²) in [6, 6.07) is 0. The lowest BCUT2D eigenvalue weighted by Crippen LogP contribution is -2.66. The molecular formula is C16H26O13. The van der Waals surface area contributed by atoms with E-state index in [9.17, 15) is 40.2 Å². The molecule has 13 nitrogen and oxygen atoms in total. The molecule has 0 aliphatic carbocycles. The number of aliphatic hydroxyl groups excluding tert-OH is 4. The van der Waals surface area contributed by atoms with Crippen LogP contribution in [0.15, 0.2) is 0 Å². The van der Waals surface area contributed by atoms with E-state index in [2.05, 4.69) is 0 Å². The zero-order valence-electron chi connectivity index (χ0n) is 15.7. The van der Waals surface area contributed by atoms with Gasteiger partial charge in [0, 0.05) is 13.2 Å². The van der Waals surface area contributed by atoms with Crippen molar-refractivity contribution in [2.24, 2.45) is 0 Å². The number of hydrogen-bond donors (Lipinski definition) is 6. The molecule has 2 aliphatic rings. The minimum absolute atomic E-state index is 0.0222.